The highest BCUT2D eigenvalue weighted by molar-refractivity contribution is 5.85. The molecule has 1 amide bonds. The Bertz CT molecular complexity index is 1510. The second-order valence-electron chi connectivity index (χ2n) is 17.3. The first kappa shape index (κ1) is 43.3. The number of aliphatic hydroxyl groups is 1. The van der Waals surface area contributed by atoms with Gasteiger partial charge >= 0.3 is 12.1 Å². The summed E-state index contributed by atoms with van der Waals surface area (Å²) in [5.41, 5.74) is -0.628. The van der Waals surface area contributed by atoms with Crippen LogP contribution in [0.2, 0.25) is 0 Å². The van der Waals surface area contributed by atoms with E-state index in [4.69, 9.17) is 28.4 Å². The van der Waals surface area contributed by atoms with Gasteiger partial charge in [0.05, 0.1) is 49.1 Å². The first-order valence-corrected chi connectivity index (χ1v) is 20.3. The molecule has 1 aromatic rings. The van der Waals surface area contributed by atoms with Crippen LogP contribution in [-0.2, 0) is 44.4 Å². The number of aliphatic hydroxyl groups excluding tert-OH is 1. The average molecular weight is 771 g/mol. The van der Waals surface area contributed by atoms with Crippen LogP contribution in [0.1, 0.15) is 86.6 Å². The van der Waals surface area contributed by atoms with Gasteiger partial charge in [-0.3, -0.25) is 9.59 Å². The first-order chi connectivity index (χ1) is 25.9. The average Bonchev–Trinajstić information content (AvgIpc) is 3.42. The quantitative estimate of drug-likeness (QED) is 0.263. The smallest absolute Gasteiger partial charge is 0.410 e. The van der Waals surface area contributed by atoms with Gasteiger partial charge < -0.3 is 43.3 Å². The Balaban J connectivity index is 1.57. The number of hydrogen-bond donors (Lipinski definition) is 1. The molecule has 0 aromatic heterocycles. The van der Waals surface area contributed by atoms with Gasteiger partial charge in [-0.05, 0) is 85.0 Å². The van der Waals surface area contributed by atoms with Crippen molar-refractivity contribution < 1.29 is 47.9 Å². The van der Waals surface area contributed by atoms with Crippen LogP contribution in [0, 0.1) is 23.7 Å². The van der Waals surface area contributed by atoms with Crippen LogP contribution in [0.3, 0.4) is 0 Å². The lowest BCUT2D eigenvalue weighted by molar-refractivity contribution is -0.302. The number of Topliss-reactive ketones (excluding diaryl/α,β-unsaturated/α-hetero) is 1. The van der Waals surface area contributed by atoms with Gasteiger partial charge in [0.2, 0.25) is 0 Å². The Morgan fingerprint density at radius 1 is 1.02 bits per heavy atom. The lowest BCUT2D eigenvalue weighted by atomic mass is 9.73. The number of carbonyl (C=O) groups is 3. The van der Waals surface area contributed by atoms with Crippen molar-refractivity contribution in [1.29, 1.82) is 0 Å². The fourth-order valence-corrected chi connectivity index (χ4v) is 9.71. The molecule has 14 atom stereocenters. The van der Waals surface area contributed by atoms with Crippen molar-refractivity contribution in [3.8, 4) is 0 Å². The van der Waals surface area contributed by atoms with Gasteiger partial charge in [0.1, 0.15) is 18.0 Å². The van der Waals surface area contributed by atoms with E-state index in [0.717, 1.165) is 12.0 Å². The van der Waals surface area contributed by atoms with Crippen molar-refractivity contribution >= 4 is 17.8 Å². The summed E-state index contributed by atoms with van der Waals surface area (Å²) in [6, 6.07) is 9.12. The molecule has 12 nitrogen and oxygen atoms in total. The fourth-order valence-electron chi connectivity index (χ4n) is 9.71. The highest BCUT2D eigenvalue weighted by atomic mass is 16.7. The lowest BCUT2D eigenvalue weighted by Crippen LogP contribution is -2.61. The minimum absolute atomic E-state index is 0.0767. The van der Waals surface area contributed by atoms with E-state index in [-0.39, 0.29) is 37.6 Å². The third kappa shape index (κ3) is 9.15. The van der Waals surface area contributed by atoms with Gasteiger partial charge in [-0.1, -0.05) is 64.6 Å². The number of cyclic esters (lactones) is 1. The summed E-state index contributed by atoms with van der Waals surface area (Å²) in [7, 11) is 3.84. The van der Waals surface area contributed by atoms with Crippen LogP contribution in [0.15, 0.2) is 42.5 Å². The SMILES string of the molecule is C=C1CO[C@@H]2[C@H](C)[C@@H](O[C@@H]3O[C@H](C)C[C@H](N(C)C)[C@H]3O)[C@](C)(C[C@@H](C)C(=O)[C@H](C)[C@H]3N(CCCc4ccccc4)C(=O)O[C@]3(C)[C@@H](CC)OC(=O)[C@@H]2C)OC1. The number of benzene rings is 1. The number of fused-ring (bicyclic) bond motifs is 4. The number of amides is 1. The number of carbonyl (C=O) groups excluding carboxylic acids is 3. The molecule has 1 aromatic carbocycles. The van der Waals surface area contributed by atoms with E-state index in [9.17, 15) is 19.5 Å². The number of ether oxygens (including phenoxy) is 6. The van der Waals surface area contributed by atoms with E-state index < -0.39 is 83.7 Å². The molecule has 2 bridgehead atoms. The monoisotopic (exact) mass is 770 g/mol. The van der Waals surface area contributed by atoms with Gasteiger partial charge in [-0.15, -0.1) is 0 Å². The standard InChI is InChI=1S/C43H66N2O10/c1-12-33-43(9)37(45(41(49)55-43)20-16-19-31-17-14-13-15-18-31)28(5)34(46)26(3)22-42(8)38(54-40-35(47)32(44(10)11)21-27(4)52-40)29(6)36(30(7)39(48)53-33)50-23-25(2)24-51-42/h13-15,17-18,26-30,32-33,35-38,40,47H,2,12,16,19-24H2,1,3-11H3/t26-,27-,28+,29+,30-,32+,33-,35-,36-,37-,38-,40+,42+,43-/m1/s1. The van der Waals surface area contributed by atoms with Crippen molar-refractivity contribution in [2.75, 3.05) is 33.9 Å². The molecule has 5 rings (SSSR count). The lowest BCUT2D eigenvalue weighted by Gasteiger charge is -2.48. The topological polar surface area (TPSA) is 133 Å². The predicted molar refractivity (Wildman–Crippen MR) is 207 cm³/mol. The third-order valence-electron chi connectivity index (χ3n) is 12.7. The molecule has 4 aliphatic heterocycles. The molecule has 4 fully saturated rings. The zero-order chi connectivity index (χ0) is 40.4. The van der Waals surface area contributed by atoms with Crippen LogP contribution in [0.5, 0.6) is 0 Å². The molecule has 0 unspecified atom stereocenters. The maximum absolute atomic E-state index is 14.8. The summed E-state index contributed by atoms with van der Waals surface area (Å²) in [5.74, 6) is -3.16. The largest absolute Gasteiger partial charge is 0.458 e. The molecule has 0 aliphatic carbocycles. The van der Waals surface area contributed by atoms with Gasteiger partial charge in [0.25, 0.3) is 0 Å². The van der Waals surface area contributed by atoms with Crippen LogP contribution in [0.25, 0.3) is 0 Å². The number of aryl methyl sites for hydroxylation is 1. The van der Waals surface area contributed by atoms with E-state index in [1.54, 1.807) is 18.7 Å². The molecular weight excluding hydrogens is 704 g/mol. The molecule has 308 valence electrons. The second-order valence-corrected chi connectivity index (χ2v) is 17.3. The van der Waals surface area contributed by atoms with Crippen molar-refractivity contribution in [3.05, 3.63) is 48.0 Å². The Labute approximate surface area is 328 Å². The second kappa shape index (κ2) is 17.7. The normalized spacial score (nSPS) is 40.8. The molecule has 55 heavy (non-hydrogen) atoms. The molecule has 0 saturated carbocycles. The van der Waals surface area contributed by atoms with Crippen LogP contribution < -0.4 is 0 Å². The van der Waals surface area contributed by atoms with Crippen molar-refractivity contribution in [2.45, 2.75) is 148 Å². The van der Waals surface area contributed by atoms with E-state index in [0.29, 0.717) is 31.4 Å². The maximum atomic E-state index is 14.8. The molecular formula is C43H66N2O10. The van der Waals surface area contributed by atoms with E-state index in [1.165, 1.54) is 0 Å². The first-order valence-electron chi connectivity index (χ1n) is 20.3. The van der Waals surface area contributed by atoms with Crippen molar-refractivity contribution in [3.63, 3.8) is 0 Å². The molecule has 4 aliphatic rings. The van der Waals surface area contributed by atoms with Crippen LogP contribution in [-0.4, -0.2) is 127 Å². The number of likely N-dealkylation sites (N-methyl/N-ethyl adjacent to an activating group) is 1. The maximum Gasteiger partial charge on any atom is 0.410 e. The molecule has 0 spiro atoms. The number of nitrogens with zero attached hydrogens (tertiary/aromatic N) is 2. The molecule has 1 N–H and O–H groups in total. The third-order valence-corrected chi connectivity index (χ3v) is 12.7. The van der Waals surface area contributed by atoms with Gasteiger partial charge in [0.15, 0.2) is 11.9 Å². The predicted octanol–water partition coefficient (Wildman–Crippen LogP) is 5.58. The molecule has 4 heterocycles. The molecule has 4 saturated heterocycles. The summed E-state index contributed by atoms with van der Waals surface area (Å²) in [4.78, 5) is 46.7. The Kier molecular flexibility index (Phi) is 13.9. The summed E-state index contributed by atoms with van der Waals surface area (Å²) >= 11 is 0. The number of ketones is 1. The highest BCUT2D eigenvalue weighted by Gasteiger charge is 2.60. The summed E-state index contributed by atoms with van der Waals surface area (Å²) in [6.45, 7) is 19.9. The van der Waals surface area contributed by atoms with Crippen molar-refractivity contribution in [2.24, 2.45) is 23.7 Å². The van der Waals surface area contributed by atoms with E-state index in [2.05, 4.69) is 18.7 Å². The highest BCUT2D eigenvalue weighted by Crippen LogP contribution is 2.44. The van der Waals surface area contributed by atoms with Crippen molar-refractivity contribution in [1.82, 2.24) is 9.80 Å². The number of rotatable bonds is 8. The minimum Gasteiger partial charge on any atom is -0.458 e. The molecule has 12 heteroatoms. The zero-order valence-corrected chi connectivity index (χ0v) is 34.7. The van der Waals surface area contributed by atoms with Gasteiger partial charge in [0, 0.05) is 30.3 Å². The van der Waals surface area contributed by atoms with Crippen LogP contribution in [0.4, 0.5) is 4.79 Å². The summed E-state index contributed by atoms with van der Waals surface area (Å²) in [5, 5.41) is 11.6. The Hall–Kier alpha value is -2.87. The Morgan fingerprint density at radius 3 is 2.36 bits per heavy atom. The minimum atomic E-state index is -1.31. The fraction of sp³-hybridized carbons (Fsp3) is 0.744. The zero-order valence-electron chi connectivity index (χ0n) is 34.7. The molecule has 0 radical (unpaired) electrons. The summed E-state index contributed by atoms with van der Waals surface area (Å²) in [6.07, 6.45) is -2.51. The van der Waals surface area contributed by atoms with E-state index >= 15 is 0 Å². The van der Waals surface area contributed by atoms with E-state index in [1.807, 2.05) is 78.7 Å². The van der Waals surface area contributed by atoms with Gasteiger partial charge in [-0.25, -0.2) is 4.79 Å². The number of esters is 1. The summed E-state index contributed by atoms with van der Waals surface area (Å²) < 4.78 is 39.0. The number of hydrogen-bond acceptors (Lipinski definition) is 11. The van der Waals surface area contributed by atoms with Crippen LogP contribution >= 0.6 is 0 Å². The van der Waals surface area contributed by atoms with Gasteiger partial charge in [-0.2, -0.15) is 0 Å². The Morgan fingerprint density at radius 2 is 1.71 bits per heavy atom.